The highest BCUT2D eigenvalue weighted by Crippen LogP contribution is 2.29. The normalized spacial score (nSPS) is 21.8. The van der Waals surface area contributed by atoms with Crippen LogP contribution in [0.1, 0.15) is 18.5 Å². The molecule has 1 aliphatic heterocycles. The first-order valence-electron chi connectivity index (χ1n) is 11.0. The number of nitrogens with zero attached hydrogens (tertiary/aromatic N) is 3. The highest BCUT2D eigenvalue weighted by molar-refractivity contribution is 5.72. The monoisotopic (exact) mass is 541 g/mol. The van der Waals surface area contributed by atoms with Crippen molar-refractivity contribution in [3.05, 3.63) is 41.0 Å². The maximum absolute atomic E-state index is 13.5. The number of benzene rings is 1. The third kappa shape index (κ3) is 7.62. The number of aliphatic hydroxyl groups is 3. The Morgan fingerprint density at radius 1 is 1.00 bits per heavy atom. The molecule has 0 aliphatic carbocycles. The summed E-state index contributed by atoms with van der Waals surface area (Å²) in [6.07, 6.45) is -3.00. The zero-order valence-corrected chi connectivity index (χ0v) is 19.2. The number of hydrogen-bond acceptors (Lipinski definition) is 10. The molecular weight excluding hydrogens is 517 g/mol. The topological polar surface area (TPSA) is 145 Å². The third-order valence-corrected chi connectivity index (χ3v) is 5.22. The summed E-state index contributed by atoms with van der Waals surface area (Å²) >= 11 is 0. The molecular formula is C21H24F5N3O8. The lowest BCUT2D eigenvalue weighted by molar-refractivity contribution is -0.242. The standard InChI is InChI=1S/C21H24F5N3O8/c22-15-16(23)18(25)21(19(26)17(15)24)37-13(31)2-5-34-6-3-29-8-10(27-28-29)1-4-35-9-12-20(33)11(30)7-14(32)36-12/h8,11-12,14,20,30,32-33H,1-7,9H2. The Morgan fingerprint density at radius 2 is 1.68 bits per heavy atom. The summed E-state index contributed by atoms with van der Waals surface area (Å²) in [5, 5.41) is 36.8. The lowest BCUT2D eigenvalue weighted by Gasteiger charge is -2.34. The molecule has 1 aromatic carbocycles. The van der Waals surface area contributed by atoms with E-state index in [4.69, 9.17) is 14.2 Å². The molecule has 0 saturated carbocycles. The molecule has 2 heterocycles. The largest absolute Gasteiger partial charge is 0.420 e. The molecule has 37 heavy (non-hydrogen) atoms. The van der Waals surface area contributed by atoms with Crippen molar-refractivity contribution >= 4 is 5.97 Å². The minimum absolute atomic E-state index is 0.0516. The van der Waals surface area contributed by atoms with E-state index in [1.54, 1.807) is 6.20 Å². The molecule has 0 spiro atoms. The van der Waals surface area contributed by atoms with Crippen LogP contribution in [0, 0.1) is 29.1 Å². The van der Waals surface area contributed by atoms with Gasteiger partial charge in [-0.15, -0.1) is 5.10 Å². The molecule has 3 N–H and O–H groups in total. The van der Waals surface area contributed by atoms with Crippen LogP contribution < -0.4 is 4.74 Å². The minimum atomic E-state index is -2.36. The number of aliphatic hydroxyl groups excluding tert-OH is 3. The molecule has 11 nitrogen and oxygen atoms in total. The van der Waals surface area contributed by atoms with Crippen LogP contribution in [0.4, 0.5) is 22.0 Å². The Labute approximate surface area is 206 Å². The number of hydrogen-bond donors (Lipinski definition) is 3. The first-order valence-corrected chi connectivity index (χ1v) is 11.0. The number of esters is 1. The van der Waals surface area contributed by atoms with Crippen LogP contribution in [-0.2, 0) is 32.0 Å². The molecule has 0 radical (unpaired) electrons. The molecule has 4 unspecified atom stereocenters. The van der Waals surface area contributed by atoms with Crippen molar-refractivity contribution in [1.29, 1.82) is 0 Å². The minimum Gasteiger partial charge on any atom is -0.420 e. The summed E-state index contributed by atoms with van der Waals surface area (Å²) in [5.74, 6) is -14.3. The maximum Gasteiger partial charge on any atom is 0.313 e. The fourth-order valence-corrected chi connectivity index (χ4v) is 3.26. The second kappa shape index (κ2) is 13.2. The second-order valence-corrected chi connectivity index (χ2v) is 7.96. The molecule has 206 valence electrons. The fourth-order valence-electron chi connectivity index (χ4n) is 3.26. The first kappa shape index (κ1) is 28.8. The van der Waals surface area contributed by atoms with Gasteiger partial charge >= 0.3 is 5.97 Å². The Hall–Kier alpha value is -2.76. The summed E-state index contributed by atoms with van der Waals surface area (Å²) in [6.45, 7) is 0.153. The summed E-state index contributed by atoms with van der Waals surface area (Å²) < 4.78 is 87.8. The number of aromatic nitrogens is 3. The SMILES string of the molecule is O=C(CCOCCn1cc(CCOCC2OC(O)CC(O)C2O)nn1)Oc1c(F)c(F)c(F)c(F)c1F. The molecule has 2 aromatic rings. The quantitative estimate of drug-likeness (QED) is 0.0861. The van der Waals surface area contributed by atoms with E-state index in [0.29, 0.717) is 12.1 Å². The molecule has 1 aliphatic rings. The van der Waals surface area contributed by atoms with Gasteiger partial charge in [0.25, 0.3) is 0 Å². The molecule has 1 saturated heterocycles. The van der Waals surface area contributed by atoms with Gasteiger partial charge in [0.2, 0.25) is 34.8 Å². The van der Waals surface area contributed by atoms with Gasteiger partial charge in [-0.3, -0.25) is 4.79 Å². The van der Waals surface area contributed by atoms with Crippen LogP contribution in [0.25, 0.3) is 0 Å². The predicted molar refractivity (Wildman–Crippen MR) is 109 cm³/mol. The molecule has 0 bridgehead atoms. The summed E-state index contributed by atoms with van der Waals surface area (Å²) in [4.78, 5) is 11.7. The average molecular weight is 541 g/mol. The summed E-state index contributed by atoms with van der Waals surface area (Å²) in [5.41, 5.74) is 0.566. The van der Waals surface area contributed by atoms with E-state index < -0.39 is 71.8 Å². The zero-order chi connectivity index (χ0) is 27.1. The molecule has 16 heteroatoms. The lowest BCUT2D eigenvalue weighted by atomic mass is 10.0. The number of rotatable bonds is 12. The third-order valence-electron chi connectivity index (χ3n) is 5.22. The highest BCUT2D eigenvalue weighted by Gasteiger charge is 2.36. The van der Waals surface area contributed by atoms with Crippen LogP contribution in [-0.4, -0.2) is 87.3 Å². The average Bonchev–Trinajstić information content (AvgIpc) is 3.32. The van der Waals surface area contributed by atoms with Gasteiger partial charge in [-0.2, -0.15) is 8.78 Å². The van der Waals surface area contributed by atoms with Crippen LogP contribution in [0.15, 0.2) is 6.20 Å². The van der Waals surface area contributed by atoms with E-state index in [2.05, 4.69) is 15.0 Å². The van der Waals surface area contributed by atoms with E-state index in [9.17, 15) is 42.1 Å². The smallest absolute Gasteiger partial charge is 0.313 e. The van der Waals surface area contributed by atoms with Crippen LogP contribution in [0.2, 0.25) is 0 Å². The van der Waals surface area contributed by atoms with Crippen molar-refractivity contribution in [3.8, 4) is 5.75 Å². The van der Waals surface area contributed by atoms with Crippen LogP contribution >= 0.6 is 0 Å². The molecule has 0 amide bonds. The number of carbonyl (C=O) groups is 1. The van der Waals surface area contributed by atoms with Gasteiger partial charge in [-0.1, -0.05) is 5.21 Å². The van der Waals surface area contributed by atoms with Gasteiger partial charge in [-0.05, 0) is 0 Å². The van der Waals surface area contributed by atoms with Crippen molar-refractivity contribution in [3.63, 3.8) is 0 Å². The predicted octanol–water partition coefficient (Wildman–Crippen LogP) is 0.374. The van der Waals surface area contributed by atoms with E-state index in [-0.39, 0.29) is 39.4 Å². The summed E-state index contributed by atoms with van der Waals surface area (Å²) in [6, 6.07) is 0. The van der Waals surface area contributed by atoms with Gasteiger partial charge in [0.1, 0.15) is 12.2 Å². The fraction of sp³-hybridized carbons (Fsp3) is 0.571. The van der Waals surface area contributed by atoms with Gasteiger partial charge in [0, 0.05) is 19.0 Å². The van der Waals surface area contributed by atoms with Crippen molar-refractivity contribution in [2.45, 2.75) is 50.4 Å². The molecule has 3 rings (SSSR count). The van der Waals surface area contributed by atoms with Crippen molar-refractivity contribution < 1.29 is 61.0 Å². The second-order valence-electron chi connectivity index (χ2n) is 7.96. The van der Waals surface area contributed by atoms with Crippen molar-refractivity contribution in [1.82, 2.24) is 15.0 Å². The van der Waals surface area contributed by atoms with E-state index in [1.165, 1.54) is 4.68 Å². The van der Waals surface area contributed by atoms with Gasteiger partial charge in [-0.25, -0.2) is 17.9 Å². The van der Waals surface area contributed by atoms with Crippen LogP contribution in [0.3, 0.4) is 0 Å². The van der Waals surface area contributed by atoms with E-state index in [0.717, 1.165) is 0 Å². The molecule has 1 aromatic heterocycles. The summed E-state index contributed by atoms with van der Waals surface area (Å²) in [7, 11) is 0. The van der Waals surface area contributed by atoms with Gasteiger partial charge < -0.3 is 34.3 Å². The molecule has 1 fully saturated rings. The van der Waals surface area contributed by atoms with Gasteiger partial charge in [0.15, 0.2) is 6.29 Å². The van der Waals surface area contributed by atoms with E-state index in [1.807, 2.05) is 0 Å². The number of carbonyl (C=O) groups excluding carboxylic acids is 1. The zero-order valence-electron chi connectivity index (χ0n) is 19.2. The first-order chi connectivity index (χ1) is 17.6. The van der Waals surface area contributed by atoms with Gasteiger partial charge in [0.05, 0.1) is 51.2 Å². The van der Waals surface area contributed by atoms with Crippen molar-refractivity contribution in [2.24, 2.45) is 0 Å². The van der Waals surface area contributed by atoms with E-state index >= 15 is 0 Å². The Morgan fingerprint density at radius 3 is 2.38 bits per heavy atom. The lowest BCUT2D eigenvalue weighted by Crippen LogP contribution is -2.50. The number of halogens is 5. The Balaban J connectivity index is 1.31. The maximum atomic E-state index is 13.5. The molecule has 4 atom stereocenters. The van der Waals surface area contributed by atoms with Crippen LogP contribution in [0.5, 0.6) is 5.75 Å². The Bertz CT molecular complexity index is 1050. The van der Waals surface area contributed by atoms with Crippen molar-refractivity contribution in [2.75, 3.05) is 26.4 Å². The highest BCUT2D eigenvalue weighted by atomic mass is 19.2. The Kier molecular flexibility index (Phi) is 10.2. The number of ether oxygens (including phenoxy) is 4.